The molecule has 0 spiro atoms. The van der Waals surface area contributed by atoms with Crippen LogP contribution in [0.2, 0.25) is 0 Å². The van der Waals surface area contributed by atoms with E-state index >= 15 is 0 Å². The van der Waals surface area contributed by atoms with E-state index in [9.17, 15) is 9.59 Å². The second-order valence-electron chi connectivity index (χ2n) is 5.63. The predicted octanol–water partition coefficient (Wildman–Crippen LogP) is 1.82. The Labute approximate surface area is 137 Å². The Morgan fingerprint density at radius 3 is 2.48 bits per heavy atom. The van der Waals surface area contributed by atoms with Gasteiger partial charge >= 0.3 is 0 Å². The number of nitrogens with zero attached hydrogens (tertiary/aromatic N) is 3. The van der Waals surface area contributed by atoms with E-state index < -0.39 is 0 Å². The summed E-state index contributed by atoms with van der Waals surface area (Å²) in [6, 6.07) is 3.29. The first kappa shape index (κ1) is 17.4. The van der Waals surface area contributed by atoms with Crippen molar-refractivity contribution in [3.8, 4) is 0 Å². The number of ether oxygens (including phenoxy) is 1. The van der Waals surface area contributed by atoms with Crippen LogP contribution < -0.4 is 0 Å². The van der Waals surface area contributed by atoms with Crippen molar-refractivity contribution in [3.05, 3.63) is 29.6 Å². The summed E-state index contributed by atoms with van der Waals surface area (Å²) in [4.78, 5) is 32.8. The number of carbonyl (C=O) groups is 2. The van der Waals surface area contributed by atoms with Gasteiger partial charge in [0.2, 0.25) is 0 Å². The molecule has 0 saturated carbocycles. The Morgan fingerprint density at radius 1 is 1.22 bits per heavy atom. The van der Waals surface area contributed by atoms with E-state index in [1.54, 1.807) is 17.0 Å². The molecule has 0 radical (unpaired) electrons. The van der Waals surface area contributed by atoms with Gasteiger partial charge in [0.1, 0.15) is 5.69 Å². The number of aromatic nitrogens is 1. The summed E-state index contributed by atoms with van der Waals surface area (Å²) in [5.41, 5.74) is 0.851. The molecule has 6 nitrogen and oxygen atoms in total. The van der Waals surface area contributed by atoms with Gasteiger partial charge in [-0.15, -0.1) is 0 Å². The zero-order chi connectivity index (χ0) is 16.7. The Bertz CT molecular complexity index is 536. The van der Waals surface area contributed by atoms with Gasteiger partial charge in [-0.3, -0.25) is 14.6 Å². The second-order valence-corrected chi connectivity index (χ2v) is 5.63. The summed E-state index contributed by atoms with van der Waals surface area (Å²) in [5, 5.41) is 0. The lowest BCUT2D eigenvalue weighted by atomic mass is 10.1. The molecule has 1 fully saturated rings. The maximum atomic E-state index is 12.6. The van der Waals surface area contributed by atoms with Crippen LogP contribution in [0, 0.1) is 0 Å². The smallest absolute Gasteiger partial charge is 0.272 e. The van der Waals surface area contributed by atoms with Crippen LogP contribution in [0.5, 0.6) is 0 Å². The molecule has 0 N–H and O–H groups in total. The molecule has 126 valence electrons. The maximum Gasteiger partial charge on any atom is 0.272 e. The van der Waals surface area contributed by atoms with Gasteiger partial charge in [0, 0.05) is 37.9 Å². The van der Waals surface area contributed by atoms with Crippen LogP contribution >= 0.6 is 0 Å². The molecule has 2 heterocycles. The fraction of sp³-hybridized carbons (Fsp3) is 0.588. The number of rotatable bonds is 6. The summed E-state index contributed by atoms with van der Waals surface area (Å²) in [6.07, 6.45) is 3.36. The van der Waals surface area contributed by atoms with E-state index in [0.717, 1.165) is 25.9 Å². The predicted molar refractivity (Wildman–Crippen MR) is 87.4 cm³/mol. The fourth-order valence-electron chi connectivity index (χ4n) is 2.65. The standard InChI is InChI=1S/C17H25N3O3/c1-3-7-19(8-4-2)16(21)14-5-6-18-15(13-14)17(22)20-9-11-23-12-10-20/h5-6,13H,3-4,7-12H2,1-2H3. The summed E-state index contributed by atoms with van der Waals surface area (Å²) >= 11 is 0. The topological polar surface area (TPSA) is 62.7 Å². The number of morpholine rings is 1. The zero-order valence-corrected chi connectivity index (χ0v) is 14.0. The normalized spacial score (nSPS) is 14.6. The third-order valence-electron chi connectivity index (χ3n) is 3.80. The Kier molecular flexibility index (Phi) is 6.52. The molecule has 0 bridgehead atoms. The van der Waals surface area contributed by atoms with Crippen molar-refractivity contribution in [2.45, 2.75) is 26.7 Å². The molecule has 23 heavy (non-hydrogen) atoms. The summed E-state index contributed by atoms with van der Waals surface area (Å²) < 4.78 is 5.26. The number of hydrogen-bond acceptors (Lipinski definition) is 4. The van der Waals surface area contributed by atoms with Gasteiger partial charge in [0.15, 0.2) is 0 Å². The van der Waals surface area contributed by atoms with Crippen molar-refractivity contribution in [1.29, 1.82) is 0 Å². The van der Waals surface area contributed by atoms with Crippen LogP contribution in [0.4, 0.5) is 0 Å². The van der Waals surface area contributed by atoms with Gasteiger partial charge in [-0.25, -0.2) is 0 Å². The molecule has 0 aromatic carbocycles. The minimum Gasteiger partial charge on any atom is -0.378 e. The van der Waals surface area contributed by atoms with E-state index in [2.05, 4.69) is 18.8 Å². The highest BCUT2D eigenvalue weighted by molar-refractivity contribution is 5.98. The molecule has 2 amide bonds. The van der Waals surface area contributed by atoms with E-state index in [0.29, 0.717) is 37.6 Å². The number of hydrogen-bond donors (Lipinski definition) is 0. The average Bonchev–Trinajstić information content (AvgIpc) is 2.61. The quantitative estimate of drug-likeness (QED) is 0.802. The summed E-state index contributed by atoms with van der Waals surface area (Å²) in [7, 11) is 0. The lowest BCUT2D eigenvalue weighted by Gasteiger charge is -2.26. The Balaban J connectivity index is 2.14. The Hall–Kier alpha value is -1.95. The summed E-state index contributed by atoms with van der Waals surface area (Å²) in [6.45, 7) is 7.78. The molecular formula is C17H25N3O3. The zero-order valence-electron chi connectivity index (χ0n) is 14.0. The van der Waals surface area contributed by atoms with Gasteiger partial charge in [-0.2, -0.15) is 0 Å². The highest BCUT2D eigenvalue weighted by Gasteiger charge is 2.21. The van der Waals surface area contributed by atoms with Crippen LogP contribution in [0.15, 0.2) is 18.3 Å². The second kappa shape index (κ2) is 8.62. The maximum absolute atomic E-state index is 12.6. The molecule has 0 aliphatic carbocycles. The van der Waals surface area contributed by atoms with Crippen LogP contribution in [0.1, 0.15) is 47.5 Å². The molecule has 1 saturated heterocycles. The van der Waals surface area contributed by atoms with Crippen molar-refractivity contribution in [2.75, 3.05) is 39.4 Å². The number of carbonyl (C=O) groups excluding carboxylic acids is 2. The first-order valence-electron chi connectivity index (χ1n) is 8.29. The highest BCUT2D eigenvalue weighted by Crippen LogP contribution is 2.11. The Morgan fingerprint density at radius 2 is 1.87 bits per heavy atom. The van der Waals surface area contributed by atoms with Crippen molar-refractivity contribution in [1.82, 2.24) is 14.8 Å². The lowest BCUT2D eigenvalue weighted by molar-refractivity contribution is 0.0299. The average molecular weight is 319 g/mol. The van der Waals surface area contributed by atoms with Crippen LogP contribution in [-0.4, -0.2) is 66.0 Å². The molecule has 2 rings (SSSR count). The van der Waals surface area contributed by atoms with Crippen molar-refractivity contribution >= 4 is 11.8 Å². The van der Waals surface area contributed by atoms with Crippen molar-refractivity contribution in [3.63, 3.8) is 0 Å². The molecule has 1 aromatic rings. The molecule has 0 atom stereocenters. The highest BCUT2D eigenvalue weighted by atomic mass is 16.5. The van der Waals surface area contributed by atoms with Crippen LogP contribution in [0.3, 0.4) is 0 Å². The molecular weight excluding hydrogens is 294 g/mol. The number of amides is 2. The SMILES string of the molecule is CCCN(CCC)C(=O)c1ccnc(C(=O)N2CCOCC2)c1. The monoisotopic (exact) mass is 319 g/mol. The van der Waals surface area contributed by atoms with Crippen LogP contribution in [0.25, 0.3) is 0 Å². The lowest BCUT2D eigenvalue weighted by Crippen LogP contribution is -2.41. The third kappa shape index (κ3) is 4.51. The molecule has 6 heteroatoms. The van der Waals surface area contributed by atoms with Gasteiger partial charge in [-0.05, 0) is 25.0 Å². The molecule has 1 aliphatic heterocycles. The van der Waals surface area contributed by atoms with Crippen LogP contribution in [-0.2, 0) is 4.74 Å². The molecule has 1 aromatic heterocycles. The van der Waals surface area contributed by atoms with Gasteiger partial charge in [0.05, 0.1) is 13.2 Å². The van der Waals surface area contributed by atoms with Gasteiger partial charge < -0.3 is 14.5 Å². The first-order valence-corrected chi connectivity index (χ1v) is 8.29. The molecule has 1 aliphatic rings. The van der Waals surface area contributed by atoms with Crippen molar-refractivity contribution in [2.24, 2.45) is 0 Å². The van der Waals surface area contributed by atoms with E-state index in [4.69, 9.17) is 4.74 Å². The largest absolute Gasteiger partial charge is 0.378 e. The third-order valence-corrected chi connectivity index (χ3v) is 3.80. The fourth-order valence-corrected chi connectivity index (χ4v) is 2.65. The summed E-state index contributed by atoms with van der Waals surface area (Å²) in [5.74, 6) is -0.174. The molecule has 0 unspecified atom stereocenters. The number of pyridine rings is 1. The van der Waals surface area contributed by atoms with E-state index in [-0.39, 0.29) is 11.8 Å². The minimum absolute atomic E-state index is 0.0351. The van der Waals surface area contributed by atoms with Crippen molar-refractivity contribution < 1.29 is 14.3 Å². The first-order chi connectivity index (χ1) is 11.2. The minimum atomic E-state index is -0.138. The van der Waals surface area contributed by atoms with Gasteiger partial charge in [0.25, 0.3) is 11.8 Å². The van der Waals surface area contributed by atoms with Gasteiger partial charge in [-0.1, -0.05) is 13.8 Å². The van der Waals surface area contributed by atoms with E-state index in [1.165, 1.54) is 6.20 Å². The van der Waals surface area contributed by atoms with E-state index in [1.807, 2.05) is 4.90 Å².